The Morgan fingerprint density at radius 3 is 2.26 bits per heavy atom. The Labute approximate surface area is 112 Å². The lowest BCUT2D eigenvalue weighted by Gasteiger charge is -2.07. The first kappa shape index (κ1) is 11.6. The number of aromatic nitrogens is 2. The van der Waals surface area contributed by atoms with E-state index in [2.05, 4.69) is 35.1 Å². The summed E-state index contributed by atoms with van der Waals surface area (Å²) >= 11 is 0. The van der Waals surface area contributed by atoms with Gasteiger partial charge in [0, 0.05) is 24.2 Å². The lowest BCUT2D eigenvalue weighted by atomic mass is 9.99. The second kappa shape index (κ2) is 5.02. The van der Waals surface area contributed by atoms with Gasteiger partial charge >= 0.3 is 0 Å². The molecule has 0 spiro atoms. The van der Waals surface area contributed by atoms with Gasteiger partial charge in [0.2, 0.25) is 0 Å². The Morgan fingerprint density at radius 1 is 0.737 bits per heavy atom. The van der Waals surface area contributed by atoms with Gasteiger partial charge in [0.1, 0.15) is 0 Å². The SMILES string of the molecule is Cc1cc(-c2ccncc2)cc(-c2ccccn2)c1. The van der Waals surface area contributed by atoms with Crippen LogP contribution in [0.25, 0.3) is 22.4 Å². The topological polar surface area (TPSA) is 25.8 Å². The van der Waals surface area contributed by atoms with E-state index in [-0.39, 0.29) is 0 Å². The van der Waals surface area contributed by atoms with Gasteiger partial charge in [-0.2, -0.15) is 0 Å². The van der Waals surface area contributed by atoms with Crippen molar-refractivity contribution in [2.45, 2.75) is 6.92 Å². The summed E-state index contributed by atoms with van der Waals surface area (Å²) in [5, 5.41) is 0. The van der Waals surface area contributed by atoms with E-state index in [9.17, 15) is 0 Å². The molecule has 2 aromatic heterocycles. The highest BCUT2D eigenvalue weighted by Crippen LogP contribution is 2.26. The minimum Gasteiger partial charge on any atom is -0.265 e. The molecule has 0 fully saturated rings. The number of hydrogen-bond donors (Lipinski definition) is 0. The number of hydrogen-bond acceptors (Lipinski definition) is 2. The maximum atomic E-state index is 4.41. The summed E-state index contributed by atoms with van der Waals surface area (Å²) in [4.78, 5) is 8.47. The molecule has 0 aliphatic carbocycles. The zero-order chi connectivity index (χ0) is 13.1. The van der Waals surface area contributed by atoms with E-state index in [1.54, 1.807) is 0 Å². The number of aryl methyl sites for hydroxylation is 1. The first-order valence-corrected chi connectivity index (χ1v) is 6.26. The van der Waals surface area contributed by atoms with E-state index < -0.39 is 0 Å². The van der Waals surface area contributed by atoms with E-state index in [0.717, 1.165) is 11.3 Å². The molecule has 19 heavy (non-hydrogen) atoms. The van der Waals surface area contributed by atoms with Crippen LogP contribution in [0.5, 0.6) is 0 Å². The van der Waals surface area contributed by atoms with Crippen LogP contribution >= 0.6 is 0 Å². The minimum absolute atomic E-state index is 1.00. The molecule has 1 aromatic carbocycles. The van der Waals surface area contributed by atoms with Crippen molar-refractivity contribution in [3.05, 3.63) is 72.7 Å². The van der Waals surface area contributed by atoms with Gasteiger partial charge in [-0.15, -0.1) is 0 Å². The number of nitrogens with zero attached hydrogens (tertiary/aromatic N) is 2. The van der Waals surface area contributed by atoms with Crippen LogP contribution in [0.4, 0.5) is 0 Å². The highest BCUT2D eigenvalue weighted by atomic mass is 14.7. The molecule has 0 amide bonds. The summed E-state index contributed by atoms with van der Waals surface area (Å²) < 4.78 is 0. The standard InChI is InChI=1S/C17H14N2/c1-13-10-15(14-5-8-18-9-6-14)12-16(11-13)17-4-2-3-7-19-17/h2-12H,1H3. The minimum atomic E-state index is 1.00. The van der Waals surface area contributed by atoms with Crippen LogP contribution in [0.1, 0.15) is 5.56 Å². The normalized spacial score (nSPS) is 10.4. The van der Waals surface area contributed by atoms with Gasteiger partial charge < -0.3 is 0 Å². The van der Waals surface area contributed by atoms with Gasteiger partial charge in [-0.25, -0.2) is 0 Å². The summed E-state index contributed by atoms with van der Waals surface area (Å²) in [6, 6.07) is 16.5. The van der Waals surface area contributed by atoms with Gasteiger partial charge in [-0.05, 0) is 60.0 Å². The zero-order valence-electron chi connectivity index (χ0n) is 10.7. The second-order valence-electron chi connectivity index (χ2n) is 4.54. The molecule has 0 aliphatic heterocycles. The zero-order valence-corrected chi connectivity index (χ0v) is 10.7. The van der Waals surface area contributed by atoms with Crippen molar-refractivity contribution in [1.82, 2.24) is 9.97 Å². The smallest absolute Gasteiger partial charge is 0.0702 e. The van der Waals surface area contributed by atoms with E-state index in [4.69, 9.17) is 0 Å². The molecule has 3 rings (SSSR count). The van der Waals surface area contributed by atoms with Crippen LogP contribution in [0, 0.1) is 6.92 Å². The maximum absolute atomic E-state index is 4.41. The van der Waals surface area contributed by atoms with Crippen molar-refractivity contribution in [2.24, 2.45) is 0 Å². The van der Waals surface area contributed by atoms with E-state index >= 15 is 0 Å². The average molecular weight is 246 g/mol. The average Bonchev–Trinajstić information content (AvgIpc) is 2.48. The lowest BCUT2D eigenvalue weighted by Crippen LogP contribution is -1.86. The molecule has 0 atom stereocenters. The second-order valence-corrected chi connectivity index (χ2v) is 4.54. The predicted molar refractivity (Wildman–Crippen MR) is 77.6 cm³/mol. The van der Waals surface area contributed by atoms with Crippen LogP contribution < -0.4 is 0 Å². The Kier molecular flexibility index (Phi) is 3.07. The largest absolute Gasteiger partial charge is 0.265 e. The Hall–Kier alpha value is -2.48. The maximum Gasteiger partial charge on any atom is 0.0702 e. The molecule has 0 aliphatic rings. The lowest BCUT2D eigenvalue weighted by molar-refractivity contribution is 1.31. The molecular weight excluding hydrogens is 232 g/mol. The molecular formula is C17H14N2. The molecule has 0 N–H and O–H groups in total. The third-order valence-electron chi connectivity index (χ3n) is 3.05. The fourth-order valence-electron chi connectivity index (χ4n) is 2.18. The summed E-state index contributed by atoms with van der Waals surface area (Å²) in [5.41, 5.74) is 5.75. The van der Waals surface area contributed by atoms with Gasteiger partial charge in [0.25, 0.3) is 0 Å². The fraction of sp³-hybridized carbons (Fsp3) is 0.0588. The first-order valence-electron chi connectivity index (χ1n) is 6.26. The summed E-state index contributed by atoms with van der Waals surface area (Å²) in [5.74, 6) is 0. The molecule has 0 bridgehead atoms. The molecule has 0 radical (unpaired) electrons. The van der Waals surface area contributed by atoms with Crippen LogP contribution in [-0.4, -0.2) is 9.97 Å². The van der Waals surface area contributed by atoms with E-state index in [1.807, 2.05) is 48.9 Å². The molecule has 2 heterocycles. The molecule has 0 saturated carbocycles. The summed E-state index contributed by atoms with van der Waals surface area (Å²) in [6.45, 7) is 2.11. The molecule has 92 valence electrons. The Bertz CT molecular complexity index is 618. The van der Waals surface area contributed by atoms with Crippen molar-refractivity contribution >= 4 is 0 Å². The van der Waals surface area contributed by atoms with E-state index in [0.29, 0.717) is 0 Å². The molecule has 0 saturated heterocycles. The molecule has 2 nitrogen and oxygen atoms in total. The Balaban J connectivity index is 2.12. The molecule has 0 unspecified atom stereocenters. The van der Waals surface area contributed by atoms with Gasteiger partial charge in [0.15, 0.2) is 0 Å². The summed E-state index contributed by atoms with van der Waals surface area (Å²) in [6.07, 6.45) is 5.46. The fourth-order valence-corrected chi connectivity index (χ4v) is 2.18. The third kappa shape index (κ3) is 2.52. The van der Waals surface area contributed by atoms with Gasteiger partial charge in [-0.3, -0.25) is 9.97 Å². The van der Waals surface area contributed by atoms with Crippen LogP contribution in [-0.2, 0) is 0 Å². The Morgan fingerprint density at radius 2 is 1.53 bits per heavy atom. The highest BCUT2D eigenvalue weighted by Gasteiger charge is 2.04. The van der Waals surface area contributed by atoms with Crippen LogP contribution in [0.15, 0.2) is 67.1 Å². The van der Waals surface area contributed by atoms with E-state index in [1.165, 1.54) is 16.7 Å². The van der Waals surface area contributed by atoms with Gasteiger partial charge in [-0.1, -0.05) is 12.1 Å². The van der Waals surface area contributed by atoms with Crippen molar-refractivity contribution in [1.29, 1.82) is 0 Å². The van der Waals surface area contributed by atoms with Crippen molar-refractivity contribution in [2.75, 3.05) is 0 Å². The van der Waals surface area contributed by atoms with Gasteiger partial charge in [0.05, 0.1) is 5.69 Å². The highest BCUT2D eigenvalue weighted by molar-refractivity contribution is 5.72. The monoisotopic (exact) mass is 246 g/mol. The van der Waals surface area contributed by atoms with Crippen molar-refractivity contribution in [3.8, 4) is 22.4 Å². The third-order valence-corrected chi connectivity index (χ3v) is 3.05. The summed E-state index contributed by atoms with van der Waals surface area (Å²) in [7, 11) is 0. The number of pyridine rings is 2. The predicted octanol–water partition coefficient (Wildman–Crippen LogP) is 4.12. The van der Waals surface area contributed by atoms with Crippen molar-refractivity contribution in [3.63, 3.8) is 0 Å². The van der Waals surface area contributed by atoms with Crippen LogP contribution in [0.3, 0.4) is 0 Å². The molecule has 2 heteroatoms. The molecule has 3 aromatic rings. The number of benzene rings is 1. The number of rotatable bonds is 2. The van der Waals surface area contributed by atoms with Crippen molar-refractivity contribution < 1.29 is 0 Å². The first-order chi connectivity index (χ1) is 9.33. The quantitative estimate of drug-likeness (QED) is 0.679. The van der Waals surface area contributed by atoms with Crippen LogP contribution in [0.2, 0.25) is 0 Å².